The third-order valence-corrected chi connectivity index (χ3v) is 2.66. The highest BCUT2D eigenvalue weighted by atomic mass is 19.1. The number of aromatic hydroxyl groups is 1. The Bertz CT molecular complexity index is 717. The molecule has 106 valence electrons. The Balaban J connectivity index is 2.30. The number of carbonyl (C=O) groups excluding carboxylic acids is 1. The number of benzene rings is 2. The SMILES string of the molecule is COC(=O)c1ccc(C#Cc2c(F)cc(O)cc2F)cc1. The molecule has 0 unspecified atom stereocenters. The monoisotopic (exact) mass is 288 g/mol. The second-order valence-electron chi connectivity index (χ2n) is 4.10. The average Bonchev–Trinajstić information content (AvgIpc) is 2.46. The Hall–Kier alpha value is -2.87. The zero-order valence-corrected chi connectivity index (χ0v) is 11.0. The van der Waals surface area contributed by atoms with Gasteiger partial charge in [-0.05, 0) is 24.3 Å². The molecule has 0 aromatic heterocycles. The number of halogens is 2. The van der Waals surface area contributed by atoms with Gasteiger partial charge in [0.15, 0.2) is 0 Å². The number of phenols is 1. The fourth-order valence-corrected chi connectivity index (χ4v) is 1.62. The van der Waals surface area contributed by atoms with Crippen molar-refractivity contribution in [2.75, 3.05) is 7.11 Å². The van der Waals surface area contributed by atoms with Crippen molar-refractivity contribution >= 4 is 5.97 Å². The lowest BCUT2D eigenvalue weighted by molar-refractivity contribution is 0.0600. The van der Waals surface area contributed by atoms with E-state index in [1.54, 1.807) is 0 Å². The molecule has 0 fully saturated rings. The van der Waals surface area contributed by atoms with Crippen LogP contribution in [0.4, 0.5) is 8.78 Å². The van der Waals surface area contributed by atoms with E-state index in [9.17, 15) is 13.6 Å². The minimum Gasteiger partial charge on any atom is -0.508 e. The number of ether oxygens (including phenoxy) is 1. The Labute approximate surface area is 119 Å². The molecule has 0 spiro atoms. The molecule has 2 aromatic rings. The number of methoxy groups -OCH3 is 1. The van der Waals surface area contributed by atoms with Crippen LogP contribution in [0.25, 0.3) is 0 Å². The van der Waals surface area contributed by atoms with Crippen LogP contribution in [0, 0.1) is 23.5 Å². The van der Waals surface area contributed by atoms with E-state index in [0.717, 1.165) is 12.1 Å². The summed E-state index contributed by atoms with van der Waals surface area (Å²) in [7, 11) is 1.27. The van der Waals surface area contributed by atoms with Gasteiger partial charge in [-0.1, -0.05) is 11.8 Å². The van der Waals surface area contributed by atoms with Gasteiger partial charge in [0.2, 0.25) is 0 Å². The van der Waals surface area contributed by atoms with Crippen LogP contribution in [0.5, 0.6) is 5.75 Å². The zero-order chi connectivity index (χ0) is 15.4. The topological polar surface area (TPSA) is 46.5 Å². The van der Waals surface area contributed by atoms with Gasteiger partial charge in [0, 0.05) is 17.7 Å². The molecular formula is C16H10F2O3. The molecule has 21 heavy (non-hydrogen) atoms. The number of phenolic OH excluding ortho intramolecular Hbond substituents is 1. The summed E-state index contributed by atoms with van der Waals surface area (Å²) in [4.78, 5) is 11.2. The normalized spacial score (nSPS) is 9.67. The van der Waals surface area contributed by atoms with Crippen LogP contribution in [-0.4, -0.2) is 18.2 Å². The van der Waals surface area contributed by atoms with Crippen LogP contribution in [0.1, 0.15) is 21.5 Å². The van der Waals surface area contributed by atoms with Gasteiger partial charge in [-0.25, -0.2) is 13.6 Å². The summed E-state index contributed by atoms with van der Waals surface area (Å²) in [5.41, 5.74) is 0.407. The van der Waals surface area contributed by atoms with Crippen molar-refractivity contribution in [3.8, 4) is 17.6 Å². The molecule has 0 amide bonds. The van der Waals surface area contributed by atoms with Crippen molar-refractivity contribution in [2.45, 2.75) is 0 Å². The maximum absolute atomic E-state index is 13.5. The van der Waals surface area contributed by atoms with E-state index < -0.39 is 28.9 Å². The molecule has 0 heterocycles. The lowest BCUT2D eigenvalue weighted by atomic mass is 10.1. The highest BCUT2D eigenvalue weighted by Crippen LogP contribution is 2.18. The van der Waals surface area contributed by atoms with E-state index in [4.69, 9.17) is 5.11 Å². The van der Waals surface area contributed by atoms with Gasteiger partial charge in [-0.15, -0.1) is 0 Å². The van der Waals surface area contributed by atoms with Crippen LogP contribution in [0.3, 0.4) is 0 Å². The lowest BCUT2D eigenvalue weighted by Crippen LogP contribution is -2.00. The van der Waals surface area contributed by atoms with Crippen molar-refractivity contribution in [3.63, 3.8) is 0 Å². The lowest BCUT2D eigenvalue weighted by Gasteiger charge is -1.99. The first-order valence-corrected chi connectivity index (χ1v) is 5.89. The standard InChI is InChI=1S/C16H10F2O3/c1-21-16(20)11-5-2-10(3-6-11)4-7-13-14(17)8-12(19)9-15(13)18/h2-3,5-6,8-9,19H,1H3. The van der Waals surface area contributed by atoms with E-state index in [2.05, 4.69) is 16.6 Å². The summed E-state index contributed by atoms with van der Waals surface area (Å²) >= 11 is 0. The van der Waals surface area contributed by atoms with Crippen molar-refractivity contribution in [1.82, 2.24) is 0 Å². The van der Waals surface area contributed by atoms with Crippen LogP contribution in [-0.2, 0) is 4.74 Å². The summed E-state index contributed by atoms with van der Waals surface area (Å²) in [6.45, 7) is 0. The van der Waals surface area contributed by atoms with Crippen molar-refractivity contribution in [3.05, 3.63) is 64.7 Å². The van der Waals surface area contributed by atoms with E-state index in [1.165, 1.54) is 31.4 Å². The highest BCUT2D eigenvalue weighted by molar-refractivity contribution is 5.89. The predicted octanol–water partition coefficient (Wildman–Crippen LogP) is 2.86. The predicted molar refractivity (Wildman–Crippen MR) is 71.8 cm³/mol. The zero-order valence-electron chi connectivity index (χ0n) is 11.0. The average molecular weight is 288 g/mol. The molecule has 0 bridgehead atoms. The summed E-state index contributed by atoms with van der Waals surface area (Å²) < 4.78 is 31.5. The molecule has 0 aliphatic rings. The molecule has 0 saturated carbocycles. The minimum atomic E-state index is -0.939. The Morgan fingerprint density at radius 3 is 2.19 bits per heavy atom. The summed E-state index contributed by atoms with van der Waals surface area (Å²) in [5.74, 6) is 2.08. The highest BCUT2D eigenvalue weighted by Gasteiger charge is 2.08. The van der Waals surface area contributed by atoms with Gasteiger partial charge in [0.05, 0.1) is 18.2 Å². The van der Waals surface area contributed by atoms with Crippen LogP contribution >= 0.6 is 0 Å². The van der Waals surface area contributed by atoms with Gasteiger partial charge in [0.1, 0.15) is 17.4 Å². The summed E-state index contributed by atoms with van der Waals surface area (Å²) in [6, 6.07) is 7.64. The molecule has 3 nitrogen and oxygen atoms in total. The maximum Gasteiger partial charge on any atom is 0.337 e. The fourth-order valence-electron chi connectivity index (χ4n) is 1.62. The summed E-state index contributed by atoms with van der Waals surface area (Å²) in [5, 5.41) is 9.04. The van der Waals surface area contributed by atoms with E-state index in [0.29, 0.717) is 11.1 Å². The number of hydrogen-bond donors (Lipinski definition) is 1. The molecule has 0 atom stereocenters. The Kier molecular flexibility index (Phi) is 4.19. The van der Waals surface area contributed by atoms with E-state index in [1.807, 2.05) is 0 Å². The van der Waals surface area contributed by atoms with E-state index in [-0.39, 0.29) is 0 Å². The van der Waals surface area contributed by atoms with Crippen molar-refractivity contribution in [1.29, 1.82) is 0 Å². The van der Waals surface area contributed by atoms with Gasteiger partial charge in [-0.2, -0.15) is 0 Å². The molecule has 1 N–H and O–H groups in total. The second-order valence-corrected chi connectivity index (χ2v) is 4.10. The second kappa shape index (κ2) is 6.06. The smallest absolute Gasteiger partial charge is 0.337 e. The Morgan fingerprint density at radius 2 is 1.67 bits per heavy atom. The van der Waals surface area contributed by atoms with E-state index >= 15 is 0 Å². The molecule has 0 aliphatic carbocycles. The van der Waals surface area contributed by atoms with Crippen LogP contribution < -0.4 is 0 Å². The third kappa shape index (κ3) is 3.37. The molecule has 2 aromatic carbocycles. The maximum atomic E-state index is 13.5. The molecular weight excluding hydrogens is 278 g/mol. The van der Waals surface area contributed by atoms with Gasteiger partial charge < -0.3 is 9.84 Å². The third-order valence-electron chi connectivity index (χ3n) is 2.66. The molecule has 0 radical (unpaired) electrons. The van der Waals surface area contributed by atoms with Crippen LogP contribution in [0.2, 0.25) is 0 Å². The number of carbonyl (C=O) groups is 1. The van der Waals surface area contributed by atoms with Crippen molar-refractivity contribution < 1.29 is 23.4 Å². The molecule has 0 aliphatic heterocycles. The number of hydrogen-bond acceptors (Lipinski definition) is 3. The van der Waals surface area contributed by atoms with Gasteiger partial charge in [0.25, 0.3) is 0 Å². The fraction of sp³-hybridized carbons (Fsp3) is 0.0625. The van der Waals surface area contributed by atoms with Crippen molar-refractivity contribution in [2.24, 2.45) is 0 Å². The first-order valence-electron chi connectivity index (χ1n) is 5.89. The quantitative estimate of drug-likeness (QED) is 0.648. The van der Waals surface area contributed by atoms with Gasteiger partial charge in [-0.3, -0.25) is 0 Å². The number of esters is 1. The van der Waals surface area contributed by atoms with Gasteiger partial charge >= 0.3 is 5.97 Å². The Morgan fingerprint density at radius 1 is 1.10 bits per heavy atom. The minimum absolute atomic E-state index is 0.352. The largest absolute Gasteiger partial charge is 0.508 e. The first kappa shape index (κ1) is 14.5. The first-order chi connectivity index (χ1) is 10.0. The summed E-state index contributed by atoms with van der Waals surface area (Å²) in [6.07, 6.45) is 0. The molecule has 2 rings (SSSR count). The molecule has 5 heteroatoms. The number of rotatable bonds is 1. The van der Waals surface area contributed by atoms with Crippen LogP contribution in [0.15, 0.2) is 36.4 Å². The molecule has 0 saturated heterocycles.